The van der Waals surface area contributed by atoms with E-state index in [0.717, 1.165) is 18.4 Å². The van der Waals surface area contributed by atoms with Crippen molar-refractivity contribution < 1.29 is 23.2 Å². The molecular weight excluding hydrogens is 295 g/mol. The van der Waals surface area contributed by atoms with E-state index in [0.29, 0.717) is 25.2 Å². The Balaban J connectivity index is 3.07. The minimum absolute atomic E-state index is 0.0875. The van der Waals surface area contributed by atoms with E-state index in [2.05, 4.69) is 9.99 Å². The van der Waals surface area contributed by atoms with Gasteiger partial charge in [0, 0.05) is 0 Å². The van der Waals surface area contributed by atoms with E-state index in [1.165, 1.54) is 7.11 Å². The second-order valence-corrected chi connectivity index (χ2v) is 6.58. The van der Waals surface area contributed by atoms with Gasteiger partial charge in [-0.3, -0.25) is 9.36 Å². The molecule has 1 aliphatic rings. The van der Waals surface area contributed by atoms with Gasteiger partial charge in [0.2, 0.25) is 0 Å². The van der Waals surface area contributed by atoms with Crippen LogP contribution in [0.5, 0.6) is 0 Å². The number of nitrogens with zero attached hydrogens (tertiary/aromatic N) is 1. The van der Waals surface area contributed by atoms with Gasteiger partial charge in [-0.1, -0.05) is 10.7 Å². The molecule has 0 bridgehead atoms. The average molecular weight is 318 g/mol. The fourth-order valence-corrected chi connectivity index (χ4v) is 4.22. The lowest BCUT2D eigenvalue weighted by Gasteiger charge is -2.18. The summed E-state index contributed by atoms with van der Waals surface area (Å²) in [5.74, 6) is -0.658. The monoisotopic (exact) mass is 318 g/mol. The lowest BCUT2D eigenvalue weighted by Crippen LogP contribution is -2.25. The van der Waals surface area contributed by atoms with Gasteiger partial charge in [0.15, 0.2) is 5.71 Å². The summed E-state index contributed by atoms with van der Waals surface area (Å²) < 4.78 is 23.2. The Morgan fingerprint density at radius 2 is 1.90 bits per heavy atom. The molecular formula is C13H23N2O5P. The van der Waals surface area contributed by atoms with Crippen LogP contribution in [0.25, 0.3) is 0 Å². The van der Waals surface area contributed by atoms with E-state index in [-0.39, 0.29) is 11.9 Å². The molecule has 1 aliphatic carbocycles. The number of carbonyl (C=O) groups is 1. The standard InChI is InChI=1S/C13H23N2O5P/c1-4-19-21(17,20-5-2)9-10-7-6-8-11(10)12(13(14)16)15-18-3/h4-9H2,1-3H3,(H2,14,16)/b15-12-. The van der Waals surface area contributed by atoms with Gasteiger partial charge in [-0.2, -0.15) is 0 Å². The van der Waals surface area contributed by atoms with Crippen molar-refractivity contribution in [2.24, 2.45) is 10.9 Å². The molecule has 0 spiro atoms. The number of hydrogen-bond acceptors (Lipinski definition) is 6. The topological polar surface area (TPSA) is 100 Å². The lowest BCUT2D eigenvalue weighted by atomic mass is 10.1. The molecule has 0 atom stereocenters. The highest BCUT2D eigenvalue weighted by Gasteiger charge is 2.31. The van der Waals surface area contributed by atoms with Crippen LogP contribution in [0.4, 0.5) is 0 Å². The number of rotatable bonds is 9. The second-order valence-electron chi connectivity index (χ2n) is 4.53. The first-order valence-corrected chi connectivity index (χ1v) is 8.70. The zero-order valence-corrected chi connectivity index (χ0v) is 13.7. The zero-order chi connectivity index (χ0) is 15.9. The summed E-state index contributed by atoms with van der Waals surface area (Å²) >= 11 is 0. The number of oxime groups is 1. The quantitative estimate of drug-likeness (QED) is 0.399. The molecule has 0 aromatic heterocycles. The SMILES string of the molecule is CCOP(=O)(CC1=C(/C(=N/OC)C(N)=O)CCC1)OCC. The number of primary amides is 1. The van der Waals surface area contributed by atoms with Gasteiger partial charge in [0.1, 0.15) is 7.11 Å². The summed E-state index contributed by atoms with van der Waals surface area (Å²) in [6.45, 7) is 4.12. The van der Waals surface area contributed by atoms with Crippen molar-refractivity contribution in [2.45, 2.75) is 33.1 Å². The van der Waals surface area contributed by atoms with Crippen LogP contribution < -0.4 is 5.73 Å². The highest BCUT2D eigenvalue weighted by atomic mass is 31.2. The molecule has 0 radical (unpaired) electrons. The summed E-state index contributed by atoms with van der Waals surface area (Å²) in [4.78, 5) is 16.2. The smallest absolute Gasteiger partial charge is 0.334 e. The minimum atomic E-state index is -3.20. The Morgan fingerprint density at radius 3 is 2.38 bits per heavy atom. The predicted octanol–water partition coefficient (Wildman–Crippen LogP) is 2.22. The van der Waals surface area contributed by atoms with Crippen LogP contribution in [-0.2, 0) is 23.2 Å². The first-order valence-electron chi connectivity index (χ1n) is 6.97. The van der Waals surface area contributed by atoms with Crippen molar-refractivity contribution >= 4 is 19.2 Å². The predicted molar refractivity (Wildman–Crippen MR) is 80.2 cm³/mol. The summed E-state index contributed by atoms with van der Waals surface area (Å²) in [6, 6.07) is 0. The molecule has 2 N–H and O–H groups in total. The van der Waals surface area contributed by atoms with Crippen LogP contribution in [0, 0.1) is 0 Å². The molecule has 0 aromatic carbocycles. The second kappa shape index (κ2) is 8.32. The first kappa shape index (κ1) is 17.9. The number of nitrogens with two attached hydrogens (primary N) is 1. The summed E-state index contributed by atoms with van der Waals surface area (Å²) in [7, 11) is -1.85. The number of allylic oxidation sites excluding steroid dienone is 1. The molecule has 8 heteroatoms. The Hall–Kier alpha value is -1.17. The maximum Gasteiger partial charge on any atom is 0.334 e. The maximum absolute atomic E-state index is 12.6. The van der Waals surface area contributed by atoms with Crippen molar-refractivity contribution in [3.05, 3.63) is 11.1 Å². The molecule has 0 saturated heterocycles. The van der Waals surface area contributed by atoms with Crippen molar-refractivity contribution in [2.75, 3.05) is 26.5 Å². The summed E-state index contributed by atoms with van der Waals surface area (Å²) in [5, 5.41) is 3.69. The number of carbonyl (C=O) groups excluding carboxylic acids is 1. The number of amides is 1. The fourth-order valence-electron chi connectivity index (χ4n) is 2.36. The third-order valence-electron chi connectivity index (χ3n) is 3.07. The first-order chi connectivity index (χ1) is 9.97. The van der Waals surface area contributed by atoms with Gasteiger partial charge >= 0.3 is 7.60 Å². The summed E-state index contributed by atoms with van der Waals surface area (Å²) in [6.07, 6.45) is 2.37. The summed E-state index contributed by atoms with van der Waals surface area (Å²) in [5.41, 5.74) is 6.96. The normalized spacial score (nSPS) is 16.4. The molecule has 1 amide bonds. The zero-order valence-electron chi connectivity index (χ0n) is 12.8. The molecule has 0 aromatic rings. The third-order valence-corrected chi connectivity index (χ3v) is 5.14. The molecule has 21 heavy (non-hydrogen) atoms. The molecule has 120 valence electrons. The van der Waals surface area contributed by atoms with E-state index in [9.17, 15) is 9.36 Å². The Morgan fingerprint density at radius 1 is 1.29 bits per heavy atom. The van der Waals surface area contributed by atoms with Crippen LogP contribution in [0.2, 0.25) is 0 Å². The van der Waals surface area contributed by atoms with Gasteiger partial charge in [-0.25, -0.2) is 0 Å². The molecule has 0 saturated carbocycles. The Labute approximate surface area is 125 Å². The highest BCUT2D eigenvalue weighted by molar-refractivity contribution is 7.54. The van der Waals surface area contributed by atoms with Crippen LogP contribution in [0.3, 0.4) is 0 Å². The molecule has 7 nitrogen and oxygen atoms in total. The Kier molecular flexibility index (Phi) is 7.08. The van der Waals surface area contributed by atoms with Crippen LogP contribution >= 0.6 is 7.60 Å². The largest absolute Gasteiger partial charge is 0.398 e. The van der Waals surface area contributed by atoms with Crippen molar-refractivity contribution in [3.63, 3.8) is 0 Å². The Bertz CT molecular complexity index is 477. The fraction of sp³-hybridized carbons (Fsp3) is 0.692. The van der Waals surface area contributed by atoms with E-state index < -0.39 is 13.5 Å². The molecule has 0 unspecified atom stereocenters. The van der Waals surface area contributed by atoms with Crippen LogP contribution in [-0.4, -0.2) is 38.1 Å². The third kappa shape index (κ3) is 4.95. The van der Waals surface area contributed by atoms with Crippen molar-refractivity contribution in [1.29, 1.82) is 0 Å². The molecule has 0 fully saturated rings. The van der Waals surface area contributed by atoms with Crippen LogP contribution in [0.1, 0.15) is 33.1 Å². The van der Waals surface area contributed by atoms with Gasteiger partial charge in [0.25, 0.3) is 5.91 Å². The molecule has 0 heterocycles. The van der Waals surface area contributed by atoms with Crippen molar-refractivity contribution in [1.82, 2.24) is 0 Å². The highest BCUT2D eigenvalue weighted by Crippen LogP contribution is 2.51. The van der Waals surface area contributed by atoms with E-state index >= 15 is 0 Å². The maximum atomic E-state index is 12.6. The van der Waals surface area contributed by atoms with Gasteiger partial charge in [-0.15, -0.1) is 0 Å². The van der Waals surface area contributed by atoms with Gasteiger partial charge in [0.05, 0.1) is 19.4 Å². The minimum Gasteiger partial charge on any atom is -0.398 e. The average Bonchev–Trinajstić information content (AvgIpc) is 2.83. The van der Waals surface area contributed by atoms with Gasteiger partial charge < -0.3 is 19.6 Å². The van der Waals surface area contributed by atoms with E-state index in [1.807, 2.05) is 0 Å². The van der Waals surface area contributed by atoms with Gasteiger partial charge in [-0.05, 0) is 38.7 Å². The molecule has 0 aliphatic heterocycles. The van der Waals surface area contributed by atoms with E-state index in [1.54, 1.807) is 13.8 Å². The number of hydrogen-bond donors (Lipinski definition) is 1. The lowest BCUT2D eigenvalue weighted by molar-refractivity contribution is -0.112. The molecule has 1 rings (SSSR count). The van der Waals surface area contributed by atoms with Crippen molar-refractivity contribution in [3.8, 4) is 0 Å². The van der Waals surface area contributed by atoms with Crippen LogP contribution in [0.15, 0.2) is 16.3 Å². The van der Waals surface area contributed by atoms with E-state index in [4.69, 9.17) is 14.8 Å².